The highest BCUT2D eigenvalue weighted by Crippen LogP contribution is 2.24. The van der Waals surface area contributed by atoms with Crippen LogP contribution in [-0.4, -0.2) is 49.5 Å². The van der Waals surface area contributed by atoms with E-state index in [0.717, 1.165) is 27.2 Å². The van der Waals surface area contributed by atoms with Crippen LogP contribution in [0.15, 0.2) is 54.7 Å². The van der Waals surface area contributed by atoms with E-state index in [2.05, 4.69) is 15.6 Å². The quantitative estimate of drug-likeness (QED) is 0.475. The number of hydrogen-bond acceptors (Lipinski definition) is 5. The summed E-state index contributed by atoms with van der Waals surface area (Å²) >= 11 is 5.99. The average molecular weight is 465 g/mol. The minimum atomic E-state index is -3.62. The van der Waals surface area contributed by atoms with Gasteiger partial charge in [0.15, 0.2) is 0 Å². The Hall–Kier alpha value is -2.75. The predicted octanol–water partition coefficient (Wildman–Crippen LogP) is 3.02. The molecule has 0 fully saturated rings. The number of carbonyl (C=O) groups excluding carboxylic acids is 1. The number of rotatable bonds is 9. The van der Waals surface area contributed by atoms with Crippen molar-refractivity contribution in [1.29, 1.82) is 0 Å². The minimum Gasteiger partial charge on any atom is -0.383 e. The number of hydrogen-bond donors (Lipinski definition) is 2. The van der Waals surface area contributed by atoms with Crippen molar-refractivity contribution in [1.82, 2.24) is 14.6 Å². The molecule has 1 amide bonds. The molecule has 2 aromatic carbocycles. The van der Waals surface area contributed by atoms with Crippen LogP contribution in [0.5, 0.6) is 0 Å². The van der Waals surface area contributed by atoms with Crippen LogP contribution in [0.1, 0.15) is 5.56 Å². The molecule has 164 valence electrons. The van der Waals surface area contributed by atoms with Crippen LogP contribution in [0.25, 0.3) is 10.9 Å². The maximum Gasteiger partial charge on any atom is 0.235 e. The van der Waals surface area contributed by atoms with Gasteiger partial charge in [0, 0.05) is 41.9 Å². The van der Waals surface area contributed by atoms with Crippen LogP contribution < -0.4 is 10.6 Å². The first kappa shape index (κ1) is 22.9. The van der Waals surface area contributed by atoms with E-state index in [1.807, 2.05) is 12.1 Å². The Labute approximate surface area is 185 Å². The number of anilines is 1. The Kier molecular flexibility index (Phi) is 7.42. The Morgan fingerprint density at radius 2 is 1.87 bits per heavy atom. The van der Waals surface area contributed by atoms with Gasteiger partial charge >= 0.3 is 0 Å². The SMILES string of the molecule is CS(=O)(=O)N(CC(=O)NCCNc1ccnc2cc(Cl)ccc12)Cc1ccc(F)cc1. The molecule has 31 heavy (non-hydrogen) atoms. The van der Waals surface area contributed by atoms with E-state index >= 15 is 0 Å². The van der Waals surface area contributed by atoms with Gasteiger partial charge in [-0.15, -0.1) is 0 Å². The van der Waals surface area contributed by atoms with Gasteiger partial charge in [0.05, 0.1) is 18.3 Å². The van der Waals surface area contributed by atoms with Crippen LogP contribution in [0.3, 0.4) is 0 Å². The summed E-state index contributed by atoms with van der Waals surface area (Å²) in [5.74, 6) is -0.842. The summed E-state index contributed by atoms with van der Waals surface area (Å²) in [5, 5.41) is 7.43. The van der Waals surface area contributed by atoms with E-state index in [0.29, 0.717) is 23.7 Å². The molecule has 0 unspecified atom stereocenters. The first-order chi connectivity index (χ1) is 14.7. The molecule has 0 saturated carbocycles. The lowest BCUT2D eigenvalue weighted by molar-refractivity contribution is -0.121. The topological polar surface area (TPSA) is 91.4 Å². The van der Waals surface area contributed by atoms with Crippen LogP contribution in [0.2, 0.25) is 5.02 Å². The van der Waals surface area contributed by atoms with Gasteiger partial charge < -0.3 is 10.6 Å². The van der Waals surface area contributed by atoms with E-state index in [-0.39, 0.29) is 13.1 Å². The van der Waals surface area contributed by atoms with Crippen molar-refractivity contribution < 1.29 is 17.6 Å². The number of benzene rings is 2. The number of pyridine rings is 1. The Morgan fingerprint density at radius 1 is 1.13 bits per heavy atom. The number of halogens is 2. The van der Waals surface area contributed by atoms with Crippen molar-refractivity contribution in [2.75, 3.05) is 31.2 Å². The Morgan fingerprint density at radius 3 is 2.58 bits per heavy atom. The van der Waals surface area contributed by atoms with Crippen LogP contribution >= 0.6 is 11.6 Å². The molecule has 0 aliphatic carbocycles. The van der Waals surface area contributed by atoms with Gasteiger partial charge in [0.25, 0.3) is 0 Å². The van der Waals surface area contributed by atoms with Crippen LogP contribution in [-0.2, 0) is 21.4 Å². The number of nitrogens with one attached hydrogen (secondary N) is 2. The molecule has 0 radical (unpaired) electrons. The summed E-state index contributed by atoms with van der Waals surface area (Å²) in [7, 11) is -3.62. The molecule has 3 aromatic rings. The molecule has 3 rings (SSSR count). The van der Waals surface area contributed by atoms with Gasteiger partial charge in [-0.2, -0.15) is 4.31 Å². The lowest BCUT2D eigenvalue weighted by Gasteiger charge is -2.19. The maximum atomic E-state index is 13.1. The van der Waals surface area contributed by atoms with Crippen molar-refractivity contribution in [3.63, 3.8) is 0 Å². The number of fused-ring (bicyclic) bond motifs is 1. The number of carbonyl (C=O) groups is 1. The predicted molar refractivity (Wildman–Crippen MR) is 120 cm³/mol. The summed E-state index contributed by atoms with van der Waals surface area (Å²) in [4.78, 5) is 16.6. The van der Waals surface area contributed by atoms with E-state index in [1.54, 1.807) is 18.3 Å². The van der Waals surface area contributed by atoms with Gasteiger partial charge in [-0.05, 0) is 42.0 Å². The fraction of sp³-hybridized carbons (Fsp3) is 0.238. The summed E-state index contributed by atoms with van der Waals surface area (Å²) in [6.07, 6.45) is 2.70. The van der Waals surface area contributed by atoms with Crippen molar-refractivity contribution >= 4 is 44.1 Å². The molecule has 0 aliphatic rings. The summed E-state index contributed by atoms with van der Waals surface area (Å²) in [5.41, 5.74) is 2.20. The fourth-order valence-corrected chi connectivity index (χ4v) is 3.88. The first-order valence-corrected chi connectivity index (χ1v) is 11.7. The van der Waals surface area contributed by atoms with Gasteiger partial charge in [0.2, 0.25) is 15.9 Å². The Balaban J connectivity index is 1.53. The molecule has 1 aromatic heterocycles. The zero-order chi connectivity index (χ0) is 22.4. The van der Waals surface area contributed by atoms with Gasteiger partial charge in [-0.1, -0.05) is 23.7 Å². The summed E-state index contributed by atoms with van der Waals surface area (Å²) < 4.78 is 38.2. The minimum absolute atomic E-state index is 0.0175. The maximum absolute atomic E-state index is 13.1. The normalized spacial score (nSPS) is 11.6. The molecule has 0 atom stereocenters. The summed E-state index contributed by atoms with van der Waals surface area (Å²) in [6.45, 7) is 0.387. The van der Waals surface area contributed by atoms with Crippen molar-refractivity contribution in [3.05, 3.63) is 71.1 Å². The molecule has 0 bridgehead atoms. The Bertz CT molecular complexity index is 1170. The molecule has 7 nitrogen and oxygen atoms in total. The highest BCUT2D eigenvalue weighted by molar-refractivity contribution is 7.88. The van der Waals surface area contributed by atoms with E-state index in [4.69, 9.17) is 11.6 Å². The highest BCUT2D eigenvalue weighted by atomic mass is 35.5. The van der Waals surface area contributed by atoms with Crippen LogP contribution in [0, 0.1) is 5.82 Å². The fourth-order valence-electron chi connectivity index (χ4n) is 2.97. The van der Waals surface area contributed by atoms with E-state index in [9.17, 15) is 17.6 Å². The molecule has 0 spiro atoms. The second kappa shape index (κ2) is 10.0. The van der Waals surface area contributed by atoms with Gasteiger partial charge in [0.1, 0.15) is 5.82 Å². The molecule has 0 saturated heterocycles. The summed E-state index contributed by atoms with van der Waals surface area (Å²) in [6, 6.07) is 12.7. The third-order valence-electron chi connectivity index (χ3n) is 4.53. The second-order valence-corrected chi connectivity index (χ2v) is 9.37. The van der Waals surface area contributed by atoms with E-state index < -0.39 is 21.7 Å². The average Bonchev–Trinajstić information content (AvgIpc) is 2.71. The van der Waals surface area contributed by atoms with Crippen molar-refractivity contribution in [2.45, 2.75) is 6.54 Å². The molecule has 2 N–H and O–H groups in total. The number of amides is 1. The zero-order valence-electron chi connectivity index (χ0n) is 16.8. The van der Waals surface area contributed by atoms with E-state index in [1.165, 1.54) is 24.3 Å². The molecule has 0 aliphatic heterocycles. The third-order valence-corrected chi connectivity index (χ3v) is 5.96. The van der Waals surface area contributed by atoms with Crippen molar-refractivity contribution in [2.24, 2.45) is 0 Å². The number of nitrogens with zero attached hydrogens (tertiary/aromatic N) is 2. The largest absolute Gasteiger partial charge is 0.383 e. The standard InChI is InChI=1S/C21H22ClFN4O3S/c1-31(29,30)27(13-15-2-5-17(23)6-3-15)14-21(28)26-11-10-25-19-8-9-24-20-12-16(22)4-7-18(19)20/h2-9,12H,10-11,13-14H2,1H3,(H,24,25)(H,26,28). The highest BCUT2D eigenvalue weighted by Gasteiger charge is 2.20. The lowest BCUT2D eigenvalue weighted by Crippen LogP contribution is -2.41. The zero-order valence-corrected chi connectivity index (χ0v) is 18.4. The molecular weight excluding hydrogens is 443 g/mol. The molecule has 1 heterocycles. The van der Waals surface area contributed by atoms with Crippen LogP contribution in [0.4, 0.5) is 10.1 Å². The lowest BCUT2D eigenvalue weighted by atomic mass is 10.2. The third kappa shape index (κ3) is 6.61. The first-order valence-electron chi connectivity index (χ1n) is 9.47. The van der Waals surface area contributed by atoms with Gasteiger partial charge in [-0.3, -0.25) is 9.78 Å². The van der Waals surface area contributed by atoms with Gasteiger partial charge in [-0.25, -0.2) is 12.8 Å². The molecule has 10 heteroatoms. The van der Waals surface area contributed by atoms with Crippen molar-refractivity contribution in [3.8, 4) is 0 Å². The molecular formula is C21H22ClFN4O3S. The smallest absolute Gasteiger partial charge is 0.235 e. The number of aromatic nitrogens is 1. The second-order valence-electron chi connectivity index (χ2n) is 6.95. The monoisotopic (exact) mass is 464 g/mol. The number of sulfonamides is 1.